The smallest absolute Gasteiger partial charge is 0.281 e. The lowest BCUT2D eigenvalue weighted by atomic mass is 10.1. The van der Waals surface area contributed by atoms with Crippen LogP contribution in [0.4, 0.5) is 14.6 Å². The zero-order valence-electron chi connectivity index (χ0n) is 16.1. The summed E-state index contributed by atoms with van der Waals surface area (Å²) in [7, 11) is 0. The highest BCUT2D eigenvalue weighted by atomic mass is 32.1. The maximum atomic E-state index is 13.0. The Morgan fingerprint density at radius 1 is 1.24 bits per heavy atom. The monoisotopic (exact) mass is 423 g/mol. The molecule has 0 spiro atoms. The van der Waals surface area contributed by atoms with Gasteiger partial charge in [0, 0.05) is 31.5 Å². The Morgan fingerprint density at radius 2 is 2.03 bits per heavy atom. The number of hydrogen-bond donors (Lipinski definition) is 2. The highest BCUT2D eigenvalue weighted by Gasteiger charge is 2.25. The quantitative estimate of drug-likeness (QED) is 0.622. The lowest BCUT2D eigenvalue weighted by Crippen LogP contribution is -2.49. The van der Waals surface area contributed by atoms with E-state index < -0.39 is 6.43 Å². The number of fused-ring (bicyclic) bond motifs is 1. The zero-order valence-corrected chi connectivity index (χ0v) is 17.0. The fourth-order valence-electron chi connectivity index (χ4n) is 3.03. The molecule has 1 fully saturated rings. The van der Waals surface area contributed by atoms with Gasteiger partial charge < -0.3 is 15.4 Å². The van der Waals surface area contributed by atoms with Crippen molar-refractivity contribution in [3.05, 3.63) is 36.5 Å². The minimum Gasteiger partial charge on any atom is -0.373 e. The Bertz CT molecular complexity index is 953. The summed E-state index contributed by atoms with van der Waals surface area (Å²) >= 11 is 3.53. The second-order valence-corrected chi connectivity index (χ2v) is 6.44. The van der Waals surface area contributed by atoms with Crippen molar-refractivity contribution >= 4 is 24.1 Å². The number of anilines is 1. The van der Waals surface area contributed by atoms with Crippen molar-refractivity contribution in [2.24, 2.45) is 5.73 Å². The molecule has 2 N–H and O–H groups in total. The Kier molecular flexibility index (Phi) is 6.93. The van der Waals surface area contributed by atoms with Crippen molar-refractivity contribution in [3.63, 3.8) is 0 Å². The fraction of sp³-hybridized carbons (Fsp3) is 0.444. The molecule has 11 heteroatoms. The molecule has 4 heterocycles. The van der Waals surface area contributed by atoms with Gasteiger partial charge in [-0.3, -0.25) is 4.40 Å². The molecule has 3 aromatic heterocycles. The topological polar surface area (TPSA) is 94.5 Å². The molecule has 0 radical (unpaired) electrons. The van der Waals surface area contributed by atoms with E-state index in [9.17, 15) is 8.78 Å². The zero-order chi connectivity index (χ0) is 21.0. The minimum absolute atomic E-state index is 0.0763. The Balaban J connectivity index is 0.00000117. The molecular formula is C18H23F2N7OS. The molecular weight excluding hydrogens is 400 g/mol. The molecule has 8 nitrogen and oxygen atoms in total. The average molecular weight is 423 g/mol. The summed E-state index contributed by atoms with van der Waals surface area (Å²) in [6.45, 7) is 3.78. The predicted octanol–water partition coefficient (Wildman–Crippen LogP) is 2.22. The number of morpholine rings is 1. The van der Waals surface area contributed by atoms with E-state index in [-0.39, 0.29) is 17.8 Å². The van der Waals surface area contributed by atoms with Crippen LogP contribution in [0.15, 0.2) is 30.9 Å². The van der Waals surface area contributed by atoms with Gasteiger partial charge in [-0.2, -0.15) is 12.6 Å². The van der Waals surface area contributed by atoms with Gasteiger partial charge in [-0.1, -0.05) is 0 Å². The number of halogens is 2. The van der Waals surface area contributed by atoms with E-state index in [1.54, 1.807) is 18.6 Å². The van der Waals surface area contributed by atoms with Gasteiger partial charge >= 0.3 is 0 Å². The van der Waals surface area contributed by atoms with Crippen molar-refractivity contribution < 1.29 is 13.5 Å². The molecule has 1 aliphatic rings. The highest BCUT2D eigenvalue weighted by Crippen LogP contribution is 2.23. The first-order chi connectivity index (χ1) is 14.0. The van der Waals surface area contributed by atoms with Crippen LogP contribution in [0.3, 0.4) is 0 Å². The maximum absolute atomic E-state index is 13.0. The van der Waals surface area contributed by atoms with Crippen LogP contribution in [0.2, 0.25) is 0 Å². The normalized spacial score (nSPS) is 17.9. The number of rotatable bonds is 4. The van der Waals surface area contributed by atoms with Crippen LogP contribution in [0.1, 0.15) is 19.0 Å². The van der Waals surface area contributed by atoms with Crippen molar-refractivity contribution in [3.8, 4) is 11.5 Å². The number of nitrogens with zero attached hydrogens (tertiary/aromatic N) is 6. The number of thiol groups is 1. The summed E-state index contributed by atoms with van der Waals surface area (Å²) in [5.41, 5.74) is 6.60. The van der Waals surface area contributed by atoms with E-state index in [0.717, 1.165) is 5.82 Å². The van der Waals surface area contributed by atoms with Crippen LogP contribution < -0.4 is 10.6 Å². The van der Waals surface area contributed by atoms with E-state index in [1.807, 2.05) is 13.0 Å². The number of ether oxygens (including phenoxy) is 1. The van der Waals surface area contributed by atoms with Crippen LogP contribution >= 0.6 is 12.6 Å². The molecule has 0 aromatic carbocycles. The summed E-state index contributed by atoms with van der Waals surface area (Å²) in [4.78, 5) is 18.9. The number of alkyl halides is 2. The fourth-order valence-corrected chi connectivity index (χ4v) is 3.03. The van der Waals surface area contributed by atoms with Gasteiger partial charge in [-0.15, -0.1) is 0 Å². The minimum atomic E-state index is -2.67. The molecule has 1 aliphatic heterocycles. The van der Waals surface area contributed by atoms with Gasteiger partial charge in [0.15, 0.2) is 11.5 Å². The third kappa shape index (κ3) is 4.62. The Hall–Kier alpha value is -2.37. The van der Waals surface area contributed by atoms with Crippen LogP contribution in [0, 0.1) is 0 Å². The summed E-state index contributed by atoms with van der Waals surface area (Å²) in [6, 6.07) is 1.72. The second kappa shape index (κ2) is 9.42. The van der Waals surface area contributed by atoms with E-state index in [1.165, 1.54) is 16.8 Å². The highest BCUT2D eigenvalue weighted by molar-refractivity contribution is 7.79. The van der Waals surface area contributed by atoms with Gasteiger partial charge in [0.2, 0.25) is 0 Å². The van der Waals surface area contributed by atoms with Crippen LogP contribution in [0.25, 0.3) is 17.2 Å². The summed E-state index contributed by atoms with van der Waals surface area (Å²) in [5, 5.41) is 0. The standard InChI is InChI=1S/C17H19F2N7O.CH4S/c1-10(20)13-9-25(4-5-27-13)14-2-3-21-17(24-14)12-6-23-15-7-22-11(16(18)19)8-26(12)15;1-2/h2-3,6-8,10,13,16H,4-5,9,20H2,1H3;2H,1H3. The van der Waals surface area contributed by atoms with Crippen LogP contribution in [0.5, 0.6) is 0 Å². The van der Waals surface area contributed by atoms with Gasteiger partial charge in [-0.25, -0.2) is 28.7 Å². The molecule has 2 atom stereocenters. The molecule has 29 heavy (non-hydrogen) atoms. The molecule has 0 saturated carbocycles. The van der Waals surface area contributed by atoms with E-state index in [4.69, 9.17) is 10.5 Å². The number of aromatic nitrogens is 5. The van der Waals surface area contributed by atoms with Crippen LogP contribution in [-0.4, -0.2) is 62.4 Å². The SMILES string of the molecule is CC(N)C1CN(c2ccnc(-c3cnc4cnc(C(F)F)cn34)n2)CCO1.CS. The van der Waals surface area contributed by atoms with Crippen molar-refractivity contribution in [1.29, 1.82) is 0 Å². The summed E-state index contributed by atoms with van der Waals surface area (Å²) < 4.78 is 33.2. The largest absolute Gasteiger partial charge is 0.373 e. The molecule has 0 bridgehead atoms. The van der Waals surface area contributed by atoms with Crippen LogP contribution in [-0.2, 0) is 4.74 Å². The first-order valence-electron chi connectivity index (χ1n) is 9.04. The number of nitrogens with two attached hydrogens (primary N) is 1. The second-order valence-electron chi connectivity index (χ2n) is 6.44. The average Bonchev–Trinajstić information content (AvgIpc) is 3.18. The van der Waals surface area contributed by atoms with E-state index in [2.05, 4.69) is 37.5 Å². The van der Waals surface area contributed by atoms with Crippen molar-refractivity contribution in [2.75, 3.05) is 30.9 Å². The predicted molar refractivity (Wildman–Crippen MR) is 109 cm³/mol. The first kappa shape index (κ1) is 21.3. The third-order valence-corrected chi connectivity index (χ3v) is 4.51. The lowest BCUT2D eigenvalue weighted by molar-refractivity contribution is 0.0273. The first-order valence-corrected chi connectivity index (χ1v) is 9.94. The van der Waals surface area contributed by atoms with Crippen molar-refractivity contribution in [2.45, 2.75) is 25.5 Å². The Morgan fingerprint density at radius 3 is 2.76 bits per heavy atom. The summed E-state index contributed by atoms with van der Waals surface area (Å²) in [6.07, 6.45) is 4.72. The van der Waals surface area contributed by atoms with Gasteiger partial charge in [-0.05, 0) is 19.2 Å². The van der Waals surface area contributed by atoms with Gasteiger partial charge in [0.25, 0.3) is 6.43 Å². The molecule has 2 unspecified atom stereocenters. The van der Waals surface area contributed by atoms with Crippen molar-refractivity contribution in [1.82, 2.24) is 24.3 Å². The molecule has 156 valence electrons. The third-order valence-electron chi connectivity index (χ3n) is 4.51. The maximum Gasteiger partial charge on any atom is 0.281 e. The molecule has 4 rings (SSSR count). The summed E-state index contributed by atoms with van der Waals surface area (Å²) in [5.74, 6) is 1.13. The molecule has 3 aromatic rings. The van der Waals surface area contributed by atoms with E-state index >= 15 is 0 Å². The van der Waals surface area contributed by atoms with E-state index in [0.29, 0.717) is 36.9 Å². The molecule has 1 saturated heterocycles. The van der Waals surface area contributed by atoms with Gasteiger partial charge in [0.05, 0.1) is 25.1 Å². The molecule has 0 amide bonds. The van der Waals surface area contributed by atoms with Gasteiger partial charge in [0.1, 0.15) is 17.2 Å². The Labute approximate surface area is 172 Å². The number of imidazole rings is 1. The lowest BCUT2D eigenvalue weighted by Gasteiger charge is -2.35. The molecule has 0 aliphatic carbocycles. The number of hydrogen-bond acceptors (Lipinski definition) is 8.